The molecular formula is C27H35N5. The lowest BCUT2D eigenvalue weighted by molar-refractivity contribution is 0.303. The minimum absolute atomic E-state index is 0.157. The lowest BCUT2D eigenvalue weighted by Crippen LogP contribution is -2.47. The fourth-order valence-corrected chi connectivity index (χ4v) is 4.62. The zero-order valence-electron chi connectivity index (χ0n) is 19.2. The monoisotopic (exact) mass is 429 g/mol. The van der Waals surface area contributed by atoms with Crippen molar-refractivity contribution in [3.63, 3.8) is 0 Å². The van der Waals surface area contributed by atoms with Crippen LogP contribution in [0.2, 0.25) is 0 Å². The molecule has 32 heavy (non-hydrogen) atoms. The maximum absolute atomic E-state index is 8.01. The van der Waals surface area contributed by atoms with Gasteiger partial charge < -0.3 is 11.1 Å². The Hall–Kier alpha value is -2.76. The van der Waals surface area contributed by atoms with Crippen LogP contribution in [0.4, 0.5) is 5.82 Å². The maximum Gasteiger partial charge on any atom is 0.156 e. The number of hydrogen-bond donors (Lipinski definition) is 3. The first-order chi connectivity index (χ1) is 15.5. The first kappa shape index (κ1) is 22.4. The number of allylic oxidation sites excluding steroid dienone is 6. The summed E-state index contributed by atoms with van der Waals surface area (Å²) in [5, 5.41) is 9.94. The van der Waals surface area contributed by atoms with Crippen LogP contribution in [0, 0.1) is 5.41 Å². The standard InChI is InChI=1S/C27H35N5/c1-3-9-23(27(29)15-8-16-27)12-7-13-25-24(21-10-5-4-6-11-21)18-22(19-28)26(30-25)32-17-14-20(2)31-32/h4-7,9-10,12,14,17-21,28,31H,3,8,11,13,15-16,29H2,1-2H3. The van der Waals surface area contributed by atoms with Gasteiger partial charge in [0.2, 0.25) is 0 Å². The largest absolute Gasteiger partial charge is 0.321 e. The molecule has 4 N–H and O–H groups in total. The van der Waals surface area contributed by atoms with Gasteiger partial charge in [0.05, 0.1) is 5.69 Å². The van der Waals surface area contributed by atoms with Crippen molar-refractivity contribution in [1.82, 2.24) is 10.4 Å². The van der Waals surface area contributed by atoms with Crippen LogP contribution in [0.1, 0.15) is 68.7 Å². The van der Waals surface area contributed by atoms with E-state index >= 15 is 0 Å². The zero-order valence-corrected chi connectivity index (χ0v) is 19.2. The predicted molar refractivity (Wildman–Crippen MR) is 134 cm³/mol. The molecule has 168 valence electrons. The number of anilines is 1. The Kier molecular flexibility index (Phi) is 6.87. The number of nitrogens with two attached hydrogens (primary N) is 1. The van der Waals surface area contributed by atoms with Gasteiger partial charge in [-0.1, -0.05) is 49.5 Å². The number of pyridine rings is 1. The second kappa shape index (κ2) is 9.80. The normalized spacial score (nSPS) is 24.3. The minimum Gasteiger partial charge on any atom is -0.321 e. The van der Waals surface area contributed by atoms with Gasteiger partial charge in [0, 0.05) is 41.9 Å². The predicted octanol–water partition coefficient (Wildman–Crippen LogP) is 5.22. The van der Waals surface area contributed by atoms with Crippen molar-refractivity contribution >= 4 is 12.0 Å². The van der Waals surface area contributed by atoms with E-state index in [4.69, 9.17) is 16.1 Å². The van der Waals surface area contributed by atoms with Crippen LogP contribution in [0.3, 0.4) is 0 Å². The summed E-state index contributed by atoms with van der Waals surface area (Å²) in [5.41, 5.74) is 14.2. The molecule has 0 aromatic carbocycles. The van der Waals surface area contributed by atoms with Crippen LogP contribution in [-0.4, -0.2) is 22.8 Å². The highest BCUT2D eigenvalue weighted by Crippen LogP contribution is 2.37. The summed E-state index contributed by atoms with van der Waals surface area (Å²) in [7, 11) is 0. The molecule has 0 saturated heterocycles. The van der Waals surface area contributed by atoms with E-state index < -0.39 is 0 Å². The number of nitrogens with zero attached hydrogens (tertiary/aromatic N) is 2. The molecule has 0 radical (unpaired) electrons. The topological polar surface area (TPSA) is 78.0 Å². The highest BCUT2D eigenvalue weighted by Gasteiger charge is 2.34. The van der Waals surface area contributed by atoms with Gasteiger partial charge >= 0.3 is 0 Å². The number of nitrogens with one attached hydrogen (secondary N) is 2. The van der Waals surface area contributed by atoms with E-state index in [1.54, 1.807) is 0 Å². The van der Waals surface area contributed by atoms with E-state index in [2.05, 4.69) is 73.9 Å². The molecule has 1 fully saturated rings. The van der Waals surface area contributed by atoms with Crippen LogP contribution >= 0.6 is 0 Å². The molecule has 1 aromatic heterocycles. The smallest absolute Gasteiger partial charge is 0.156 e. The molecule has 3 aliphatic rings. The third-order valence-corrected chi connectivity index (χ3v) is 6.63. The third-order valence-electron chi connectivity index (χ3n) is 6.63. The van der Waals surface area contributed by atoms with Crippen LogP contribution in [0.5, 0.6) is 0 Å². The van der Waals surface area contributed by atoms with Gasteiger partial charge in [-0.2, -0.15) is 0 Å². The van der Waals surface area contributed by atoms with E-state index in [1.807, 2.05) is 11.2 Å². The van der Waals surface area contributed by atoms with E-state index in [-0.39, 0.29) is 17.5 Å². The van der Waals surface area contributed by atoms with E-state index in [9.17, 15) is 0 Å². The SMILES string of the molecule is CCC=C(C=CCc1nc(N2C=CC(C)N2)c(C=N)cc1C1C=CC=CC1)C1(N)CCC1. The Balaban J connectivity index is 1.67. The fourth-order valence-electron chi connectivity index (χ4n) is 4.62. The second-order valence-electron chi connectivity index (χ2n) is 9.05. The quantitative estimate of drug-likeness (QED) is 0.391. The van der Waals surface area contributed by atoms with Gasteiger partial charge in [-0.05, 0) is 62.3 Å². The molecule has 4 rings (SSSR count). The van der Waals surface area contributed by atoms with Crippen LogP contribution in [0.15, 0.2) is 66.4 Å². The van der Waals surface area contributed by atoms with Crippen molar-refractivity contribution in [2.45, 2.75) is 69.9 Å². The molecule has 1 saturated carbocycles. The summed E-state index contributed by atoms with van der Waals surface area (Å²) < 4.78 is 0. The Labute approximate surface area is 192 Å². The summed E-state index contributed by atoms with van der Waals surface area (Å²) >= 11 is 0. The van der Waals surface area contributed by atoms with Crippen molar-refractivity contribution in [2.24, 2.45) is 5.73 Å². The highest BCUT2D eigenvalue weighted by atomic mass is 15.5. The van der Waals surface area contributed by atoms with Gasteiger partial charge in [-0.3, -0.25) is 5.01 Å². The molecule has 0 bridgehead atoms. The number of aromatic nitrogens is 1. The Bertz CT molecular complexity index is 994. The summed E-state index contributed by atoms with van der Waals surface area (Å²) in [6.07, 6.45) is 26.9. The third kappa shape index (κ3) is 4.69. The average Bonchev–Trinajstić information content (AvgIpc) is 3.23. The van der Waals surface area contributed by atoms with Crippen LogP contribution in [-0.2, 0) is 6.42 Å². The van der Waals surface area contributed by atoms with E-state index in [1.165, 1.54) is 23.8 Å². The molecule has 2 heterocycles. The van der Waals surface area contributed by atoms with Gasteiger partial charge in [0.15, 0.2) is 5.82 Å². The lowest BCUT2D eigenvalue weighted by Gasteiger charge is -2.39. The van der Waals surface area contributed by atoms with Gasteiger partial charge in [0.25, 0.3) is 0 Å². The Morgan fingerprint density at radius 1 is 1.34 bits per heavy atom. The first-order valence-electron chi connectivity index (χ1n) is 11.8. The van der Waals surface area contributed by atoms with E-state index in [0.29, 0.717) is 0 Å². The lowest BCUT2D eigenvalue weighted by atomic mass is 9.72. The summed E-state index contributed by atoms with van der Waals surface area (Å²) in [6.45, 7) is 4.26. The number of hydrogen-bond acceptors (Lipinski definition) is 5. The average molecular weight is 430 g/mol. The molecule has 1 aromatic rings. The zero-order chi connectivity index (χ0) is 22.6. The van der Waals surface area contributed by atoms with Gasteiger partial charge in [-0.25, -0.2) is 10.4 Å². The molecule has 2 aliphatic carbocycles. The van der Waals surface area contributed by atoms with Gasteiger partial charge in [-0.15, -0.1) is 0 Å². The first-order valence-corrected chi connectivity index (χ1v) is 11.8. The van der Waals surface area contributed by atoms with Crippen LogP contribution < -0.4 is 16.2 Å². The molecule has 5 nitrogen and oxygen atoms in total. The number of rotatable bonds is 8. The molecular weight excluding hydrogens is 394 g/mol. The van der Waals surface area contributed by atoms with Crippen molar-refractivity contribution in [3.05, 3.63) is 83.3 Å². The van der Waals surface area contributed by atoms with Crippen molar-refractivity contribution in [3.8, 4) is 0 Å². The molecule has 2 unspecified atom stereocenters. The Morgan fingerprint density at radius 2 is 2.19 bits per heavy atom. The molecule has 5 heteroatoms. The molecule has 0 amide bonds. The minimum atomic E-state index is -0.157. The van der Waals surface area contributed by atoms with Crippen molar-refractivity contribution in [2.75, 3.05) is 5.01 Å². The Morgan fingerprint density at radius 3 is 2.78 bits per heavy atom. The summed E-state index contributed by atoms with van der Waals surface area (Å²) in [4.78, 5) is 5.08. The maximum atomic E-state index is 8.01. The second-order valence-corrected chi connectivity index (χ2v) is 9.05. The molecule has 2 atom stereocenters. The molecule has 1 aliphatic heterocycles. The number of hydrazine groups is 1. The van der Waals surface area contributed by atoms with E-state index in [0.717, 1.165) is 49.2 Å². The summed E-state index contributed by atoms with van der Waals surface area (Å²) in [6, 6.07) is 2.39. The highest BCUT2D eigenvalue weighted by molar-refractivity contribution is 5.85. The van der Waals surface area contributed by atoms with Gasteiger partial charge in [0.1, 0.15) is 0 Å². The van der Waals surface area contributed by atoms with Crippen LogP contribution in [0.25, 0.3) is 0 Å². The molecule has 0 spiro atoms. The summed E-state index contributed by atoms with van der Waals surface area (Å²) in [5.74, 6) is 1.06. The van der Waals surface area contributed by atoms with Crippen molar-refractivity contribution in [1.29, 1.82) is 5.41 Å². The van der Waals surface area contributed by atoms with Crippen molar-refractivity contribution < 1.29 is 0 Å². The fraction of sp³-hybridized carbons (Fsp3) is 0.407.